The Kier molecular flexibility index (Phi) is 4.60. The van der Waals surface area contributed by atoms with E-state index < -0.39 is 6.09 Å². The zero-order chi connectivity index (χ0) is 17.8. The van der Waals surface area contributed by atoms with E-state index in [1.807, 2.05) is 24.3 Å². The molecule has 8 nitrogen and oxygen atoms in total. The van der Waals surface area contributed by atoms with Crippen molar-refractivity contribution >= 4 is 28.8 Å². The number of H-pyrrole nitrogens is 1. The molecule has 1 fully saturated rings. The Morgan fingerprint density at radius 2 is 2.00 bits per heavy atom. The molecule has 8 heteroatoms. The molecule has 4 rings (SSSR count). The van der Waals surface area contributed by atoms with Gasteiger partial charge in [-0.3, -0.25) is 15.4 Å². The number of imidazole rings is 1. The lowest BCUT2D eigenvalue weighted by Gasteiger charge is -1.96. The van der Waals surface area contributed by atoms with Crippen LogP contribution in [0.15, 0.2) is 48.5 Å². The van der Waals surface area contributed by atoms with Crippen molar-refractivity contribution in [2.75, 3.05) is 5.32 Å². The average molecular weight is 340 g/mol. The van der Waals surface area contributed by atoms with Crippen molar-refractivity contribution in [1.29, 1.82) is 0 Å². The highest BCUT2D eigenvalue weighted by molar-refractivity contribution is 5.84. The fourth-order valence-electron chi connectivity index (χ4n) is 2.42. The Labute approximate surface area is 142 Å². The number of benzene rings is 2. The van der Waals surface area contributed by atoms with Crippen LogP contribution in [0, 0.1) is 10.1 Å². The number of nitro groups is 1. The summed E-state index contributed by atoms with van der Waals surface area (Å²) in [6.45, 7) is 0. The van der Waals surface area contributed by atoms with E-state index in [0.717, 1.165) is 16.6 Å². The fraction of sp³-hybridized carbons (Fsp3) is 0.176. The first-order chi connectivity index (χ1) is 12.0. The molecule has 0 aliphatic heterocycles. The number of para-hydroxylation sites is 2. The Balaban J connectivity index is 0.000000146. The minimum atomic E-state index is -1.13. The molecule has 2 aromatic carbocycles. The van der Waals surface area contributed by atoms with Crippen LogP contribution in [0.4, 0.5) is 16.4 Å². The van der Waals surface area contributed by atoms with Gasteiger partial charge >= 0.3 is 6.09 Å². The third-order valence-electron chi connectivity index (χ3n) is 3.74. The van der Waals surface area contributed by atoms with Crippen LogP contribution in [-0.2, 0) is 0 Å². The second-order valence-electron chi connectivity index (χ2n) is 5.66. The molecule has 128 valence electrons. The van der Waals surface area contributed by atoms with Crippen LogP contribution in [0.5, 0.6) is 0 Å². The molecule has 0 bridgehead atoms. The molecule has 3 N–H and O–H groups in total. The Bertz CT molecular complexity index is 885. The van der Waals surface area contributed by atoms with Crippen LogP contribution in [0.2, 0.25) is 0 Å². The summed E-state index contributed by atoms with van der Waals surface area (Å²) in [5.41, 5.74) is 2.88. The molecule has 25 heavy (non-hydrogen) atoms. The molecule has 1 heterocycles. The molecule has 1 aliphatic carbocycles. The molecule has 1 saturated carbocycles. The number of nitrogens with one attached hydrogen (secondary N) is 2. The fourth-order valence-corrected chi connectivity index (χ4v) is 2.42. The maximum absolute atomic E-state index is 10.4. The van der Waals surface area contributed by atoms with Gasteiger partial charge in [0.05, 0.1) is 16.0 Å². The van der Waals surface area contributed by atoms with Gasteiger partial charge in [0, 0.05) is 12.1 Å². The van der Waals surface area contributed by atoms with Crippen molar-refractivity contribution in [2.45, 2.75) is 18.8 Å². The molecular weight excluding hydrogens is 324 g/mol. The average Bonchev–Trinajstić information content (AvgIpc) is 3.35. The molecular formula is C17H16N4O4. The van der Waals surface area contributed by atoms with E-state index in [1.165, 1.54) is 18.9 Å². The maximum atomic E-state index is 10.4. The normalized spacial score (nSPS) is 13.0. The lowest BCUT2D eigenvalue weighted by Crippen LogP contribution is -2.08. The van der Waals surface area contributed by atoms with Gasteiger partial charge in [-0.15, -0.1) is 0 Å². The van der Waals surface area contributed by atoms with Crippen molar-refractivity contribution < 1.29 is 14.8 Å². The lowest BCUT2D eigenvalue weighted by atomic mass is 10.1. The topological polar surface area (TPSA) is 121 Å². The number of hydrogen-bond acceptors (Lipinski definition) is 4. The monoisotopic (exact) mass is 340 g/mol. The molecule has 0 spiro atoms. The zero-order valence-electron chi connectivity index (χ0n) is 13.2. The van der Waals surface area contributed by atoms with Gasteiger partial charge < -0.3 is 10.1 Å². The zero-order valence-corrected chi connectivity index (χ0v) is 13.2. The maximum Gasteiger partial charge on any atom is 0.411 e. The van der Waals surface area contributed by atoms with Gasteiger partial charge in [-0.25, -0.2) is 9.78 Å². The molecule has 3 aromatic rings. The second kappa shape index (κ2) is 7.00. The number of nitrogens with zero attached hydrogens (tertiary/aromatic N) is 2. The number of rotatable bonds is 3. The Morgan fingerprint density at radius 3 is 2.64 bits per heavy atom. The van der Waals surface area contributed by atoms with E-state index in [4.69, 9.17) is 5.11 Å². The van der Waals surface area contributed by atoms with Crippen LogP contribution in [0.3, 0.4) is 0 Å². The number of non-ortho nitro benzene ring substituents is 1. The molecule has 0 unspecified atom stereocenters. The first-order valence-electron chi connectivity index (χ1n) is 7.72. The molecule has 0 saturated heterocycles. The number of carbonyl (C=O) groups is 1. The van der Waals surface area contributed by atoms with Crippen molar-refractivity contribution in [3.8, 4) is 0 Å². The van der Waals surface area contributed by atoms with Crippen LogP contribution in [-0.4, -0.2) is 26.1 Å². The minimum Gasteiger partial charge on any atom is -0.465 e. The third-order valence-corrected chi connectivity index (χ3v) is 3.74. The highest BCUT2D eigenvalue weighted by Crippen LogP contribution is 2.40. The number of hydrogen-bond donors (Lipinski definition) is 3. The molecule has 0 radical (unpaired) electrons. The van der Waals surface area contributed by atoms with Gasteiger partial charge in [-0.2, -0.15) is 0 Å². The quantitative estimate of drug-likeness (QED) is 0.489. The second-order valence-corrected chi connectivity index (χ2v) is 5.66. The largest absolute Gasteiger partial charge is 0.465 e. The van der Waals surface area contributed by atoms with E-state index in [2.05, 4.69) is 15.3 Å². The number of amides is 1. The summed E-state index contributed by atoms with van der Waals surface area (Å²) in [7, 11) is 0. The summed E-state index contributed by atoms with van der Waals surface area (Å²) in [6, 6.07) is 14.3. The first-order valence-corrected chi connectivity index (χ1v) is 7.72. The van der Waals surface area contributed by atoms with Crippen molar-refractivity contribution in [3.05, 3.63) is 64.2 Å². The Hall–Kier alpha value is -3.42. The highest BCUT2D eigenvalue weighted by atomic mass is 16.6. The number of nitro benzene ring substituents is 1. The number of fused-ring (bicyclic) bond motifs is 1. The summed E-state index contributed by atoms with van der Waals surface area (Å²) in [6.07, 6.45) is 1.24. The highest BCUT2D eigenvalue weighted by Gasteiger charge is 2.24. The number of carboxylic acid groups (broad SMARTS) is 1. The van der Waals surface area contributed by atoms with Gasteiger partial charge in [0.1, 0.15) is 0 Å². The first kappa shape index (κ1) is 16.4. The number of aromatic nitrogens is 2. The summed E-state index contributed by atoms with van der Waals surface area (Å²) in [5, 5.41) is 21.0. The standard InChI is InChI=1S/C9H9NO2.C8H7N3O2/c11-10(12)9-3-1-2-8(6-9)7-4-5-7;12-8(13)11-7-9-5-3-1-2-4-6(5)10-7/h1-3,6-7H,4-5H2;1-4H,(H,12,13)(H2,9,10,11). The van der Waals surface area contributed by atoms with E-state index in [0.29, 0.717) is 5.92 Å². The molecule has 1 aromatic heterocycles. The predicted molar refractivity (Wildman–Crippen MR) is 92.8 cm³/mol. The van der Waals surface area contributed by atoms with E-state index >= 15 is 0 Å². The lowest BCUT2D eigenvalue weighted by molar-refractivity contribution is -0.384. The summed E-state index contributed by atoms with van der Waals surface area (Å²) < 4.78 is 0. The summed E-state index contributed by atoms with van der Waals surface area (Å²) in [4.78, 5) is 27.2. The van der Waals surface area contributed by atoms with Crippen molar-refractivity contribution in [1.82, 2.24) is 9.97 Å². The van der Waals surface area contributed by atoms with Gasteiger partial charge in [0.15, 0.2) is 0 Å². The summed E-state index contributed by atoms with van der Waals surface area (Å²) >= 11 is 0. The smallest absolute Gasteiger partial charge is 0.411 e. The van der Waals surface area contributed by atoms with E-state index in [-0.39, 0.29) is 16.6 Å². The molecule has 0 atom stereocenters. The summed E-state index contributed by atoms with van der Waals surface area (Å²) in [5.74, 6) is 0.832. The van der Waals surface area contributed by atoms with Crippen LogP contribution in [0.25, 0.3) is 11.0 Å². The van der Waals surface area contributed by atoms with Crippen LogP contribution in [0.1, 0.15) is 24.3 Å². The van der Waals surface area contributed by atoms with Gasteiger partial charge in [0.2, 0.25) is 5.95 Å². The van der Waals surface area contributed by atoms with Crippen LogP contribution >= 0.6 is 0 Å². The molecule has 1 aliphatic rings. The van der Waals surface area contributed by atoms with E-state index in [9.17, 15) is 14.9 Å². The number of anilines is 1. The Morgan fingerprint density at radius 1 is 1.24 bits per heavy atom. The third kappa shape index (κ3) is 4.31. The predicted octanol–water partition coefficient (Wildman–Crippen LogP) is 4.13. The molecule has 1 amide bonds. The van der Waals surface area contributed by atoms with Crippen molar-refractivity contribution in [3.63, 3.8) is 0 Å². The van der Waals surface area contributed by atoms with E-state index in [1.54, 1.807) is 18.2 Å². The number of aromatic amines is 1. The SMILES string of the molecule is O=C(O)Nc1nc2ccccc2[nH]1.O=[N+]([O-])c1cccc(C2CC2)c1. The van der Waals surface area contributed by atoms with Gasteiger partial charge in [-0.1, -0.05) is 24.3 Å². The minimum absolute atomic E-state index is 0.208. The van der Waals surface area contributed by atoms with Crippen molar-refractivity contribution in [2.24, 2.45) is 0 Å². The van der Waals surface area contributed by atoms with Crippen LogP contribution < -0.4 is 5.32 Å². The van der Waals surface area contributed by atoms with Gasteiger partial charge in [0.25, 0.3) is 5.69 Å². The van der Waals surface area contributed by atoms with Gasteiger partial charge in [-0.05, 0) is 36.5 Å².